The summed E-state index contributed by atoms with van der Waals surface area (Å²) in [5, 5.41) is 12.7. The van der Waals surface area contributed by atoms with Crippen molar-refractivity contribution in [2.75, 3.05) is 0 Å². The standard InChI is InChI=1S/C12H18OS/c1-9-10(4-7-14-9)12(13)6-5-11(2,3)8-12/h4,7,13H,5-6,8H2,1-3H3. The molecule has 14 heavy (non-hydrogen) atoms. The summed E-state index contributed by atoms with van der Waals surface area (Å²) in [5.41, 5.74) is 0.907. The average molecular weight is 210 g/mol. The molecule has 1 nitrogen and oxygen atoms in total. The molecule has 0 saturated heterocycles. The lowest BCUT2D eigenvalue weighted by molar-refractivity contribution is 0.0337. The molecule has 0 spiro atoms. The summed E-state index contributed by atoms with van der Waals surface area (Å²) < 4.78 is 0. The molecule has 1 heterocycles. The quantitative estimate of drug-likeness (QED) is 0.752. The predicted octanol–water partition coefficient (Wildman–Crippen LogP) is 3.45. The zero-order valence-corrected chi connectivity index (χ0v) is 9.95. The fourth-order valence-corrected chi connectivity index (χ4v) is 3.40. The van der Waals surface area contributed by atoms with E-state index in [2.05, 4.69) is 32.2 Å². The van der Waals surface area contributed by atoms with Gasteiger partial charge in [0.05, 0.1) is 5.60 Å². The molecule has 1 aromatic heterocycles. The van der Waals surface area contributed by atoms with Gasteiger partial charge in [0.25, 0.3) is 0 Å². The van der Waals surface area contributed by atoms with Crippen molar-refractivity contribution in [2.45, 2.75) is 45.6 Å². The third-order valence-corrected chi connectivity index (χ3v) is 4.19. The average Bonchev–Trinajstić information content (AvgIpc) is 2.57. The van der Waals surface area contributed by atoms with E-state index in [1.807, 2.05) is 0 Å². The van der Waals surface area contributed by atoms with Gasteiger partial charge in [-0.2, -0.15) is 0 Å². The first-order chi connectivity index (χ1) is 6.43. The van der Waals surface area contributed by atoms with Crippen LogP contribution in [0.3, 0.4) is 0 Å². The minimum absolute atomic E-state index is 0.295. The fraction of sp³-hybridized carbons (Fsp3) is 0.667. The molecule has 1 aromatic rings. The molecule has 78 valence electrons. The SMILES string of the molecule is Cc1sccc1C1(O)CCC(C)(C)C1. The summed E-state index contributed by atoms with van der Waals surface area (Å²) in [6.07, 6.45) is 2.94. The maximum absolute atomic E-state index is 10.6. The van der Waals surface area contributed by atoms with Crippen molar-refractivity contribution in [3.63, 3.8) is 0 Å². The Morgan fingerprint density at radius 1 is 1.36 bits per heavy atom. The van der Waals surface area contributed by atoms with Gasteiger partial charge >= 0.3 is 0 Å². The van der Waals surface area contributed by atoms with E-state index in [9.17, 15) is 5.11 Å². The van der Waals surface area contributed by atoms with E-state index in [0.717, 1.165) is 24.8 Å². The Morgan fingerprint density at radius 3 is 2.50 bits per heavy atom. The zero-order valence-electron chi connectivity index (χ0n) is 9.13. The number of aliphatic hydroxyl groups is 1. The van der Waals surface area contributed by atoms with Crippen molar-refractivity contribution in [2.24, 2.45) is 5.41 Å². The van der Waals surface area contributed by atoms with Crippen molar-refractivity contribution >= 4 is 11.3 Å². The van der Waals surface area contributed by atoms with E-state index >= 15 is 0 Å². The monoisotopic (exact) mass is 210 g/mol. The predicted molar refractivity (Wildman–Crippen MR) is 60.6 cm³/mol. The summed E-state index contributed by atoms with van der Waals surface area (Å²) >= 11 is 1.73. The van der Waals surface area contributed by atoms with Crippen LogP contribution < -0.4 is 0 Å². The maximum Gasteiger partial charge on any atom is 0.0912 e. The molecular weight excluding hydrogens is 192 g/mol. The first-order valence-corrected chi connectivity index (χ1v) is 6.08. The summed E-state index contributed by atoms with van der Waals surface area (Å²) in [6.45, 7) is 6.59. The second-order valence-electron chi connectivity index (χ2n) is 5.26. The van der Waals surface area contributed by atoms with Gasteiger partial charge in [-0.15, -0.1) is 11.3 Å². The zero-order chi connectivity index (χ0) is 10.4. The molecule has 1 saturated carbocycles. The van der Waals surface area contributed by atoms with Gasteiger partial charge < -0.3 is 5.11 Å². The summed E-state index contributed by atoms with van der Waals surface area (Å²) in [7, 11) is 0. The Labute approximate surface area is 89.8 Å². The third-order valence-electron chi connectivity index (χ3n) is 3.35. The van der Waals surface area contributed by atoms with Gasteiger partial charge in [0.15, 0.2) is 0 Å². The van der Waals surface area contributed by atoms with Gasteiger partial charge in [-0.1, -0.05) is 13.8 Å². The van der Waals surface area contributed by atoms with Gasteiger partial charge in [-0.25, -0.2) is 0 Å². The highest BCUT2D eigenvalue weighted by atomic mass is 32.1. The molecule has 1 N–H and O–H groups in total. The summed E-state index contributed by atoms with van der Waals surface area (Å²) in [4.78, 5) is 1.27. The minimum atomic E-state index is -0.548. The smallest absolute Gasteiger partial charge is 0.0912 e. The maximum atomic E-state index is 10.6. The van der Waals surface area contributed by atoms with Crippen LogP contribution in [-0.2, 0) is 5.60 Å². The van der Waals surface area contributed by atoms with Crippen LogP contribution in [-0.4, -0.2) is 5.11 Å². The molecule has 1 aliphatic rings. The highest BCUT2D eigenvalue weighted by Gasteiger charge is 2.43. The van der Waals surface area contributed by atoms with E-state index in [0.29, 0.717) is 5.41 Å². The van der Waals surface area contributed by atoms with Crippen molar-refractivity contribution in [3.05, 3.63) is 21.9 Å². The highest BCUT2D eigenvalue weighted by molar-refractivity contribution is 7.10. The van der Waals surface area contributed by atoms with Gasteiger partial charge in [0.2, 0.25) is 0 Å². The lowest BCUT2D eigenvalue weighted by atomic mass is 9.86. The summed E-state index contributed by atoms with van der Waals surface area (Å²) in [5.74, 6) is 0. The van der Waals surface area contributed by atoms with Crippen LogP contribution >= 0.6 is 11.3 Å². The van der Waals surface area contributed by atoms with Crippen LogP contribution in [0.2, 0.25) is 0 Å². The largest absolute Gasteiger partial charge is 0.385 e. The van der Waals surface area contributed by atoms with Gasteiger partial charge in [0, 0.05) is 4.88 Å². The van der Waals surface area contributed by atoms with Crippen LogP contribution in [0.25, 0.3) is 0 Å². The van der Waals surface area contributed by atoms with E-state index in [-0.39, 0.29) is 0 Å². The fourth-order valence-electron chi connectivity index (χ4n) is 2.61. The van der Waals surface area contributed by atoms with Crippen LogP contribution in [0.1, 0.15) is 43.6 Å². The van der Waals surface area contributed by atoms with E-state index < -0.39 is 5.60 Å². The van der Waals surface area contributed by atoms with Gasteiger partial charge in [0.1, 0.15) is 0 Å². The van der Waals surface area contributed by atoms with Crippen LogP contribution in [0.15, 0.2) is 11.4 Å². The number of hydrogen-bond donors (Lipinski definition) is 1. The van der Waals surface area contributed by atoms with Crippen molar-refractivity contribution in [3.8, 4) is 0 Å². The second-order valence-corrected chi connectivity index (χ2v) is 6.38. The van der Waals surface area contributed by atoms with E-state index in [4.69, 9.17) is 0 Å². The molecule has 1 fully saturated rings. The molecule has 2 heteroatoms. The molecule has 2 rings (SSSR count). The molecule has 0 aromatic carbocycles. The topological polar surface area (TPSA) is 20.2 Å². The Bertz CT molecular complexity index is 340. The number of aryl methyl sites for hydroxylation is 1. The third kappa shape index (κ3) is 1.61. The van der Waals surface area contributed by atoms with Crippen LogP contribution in [0, 0.1) is 12.3 Å². The van der Waals surface area contributed by atoms with E-state index in [1.165, 1.54) is 4.88 Å². The van der Waals surface area contributed by atoms with Crippen molar-refractivity contribution in [1.82, 2.24) is 0 Å². The first-order valence-electron chi connectivity index (χ1n) is 5.20. The van der Waals surface area contributed by atoms with Crippen molar-refractivity contribution in [1.29, 1.82) is 0 Å². The lowest BCUT2D eigenvalue weighted by Gasteiger charge is -2.25. The second kappa shape index (κ2) is 3.07. The Hall–Kier alpha value is -0.340. The lowest BCUT2D eigenvalue weighted by Crippen LogP contribution is -2.23. The Morgan fingerprint density at radius 2 is 2.07 bits per heavy atom. The van der Waals surface area contributed by atoms with Crippen LogP contribution in [0.4, 0.5) is 0 Å². The molecule has 1 atom stereocenters. The molecular formula is C12H18OS. The number of rotatable bonds is 1. The van der Waals surface area contributed by atoms with Crippen molar-refractivity contribution < 1.29 is 5.11 Å². The molecule has 0 amide bonds. The van der Waals surface area contributed by atoms with Crippen LogP contribution in [0.5, 0.6) is 0 Å². The van der Waals surface area contributed by atoms with Gasteiger partial charge in [-0.3, -0.25) is 0 Å². The minimum Gasteiger partial charge on any atom is -0.385 e. The Balaban J connectivity index is 2.32. The molecule has 0 aliphatic heterocycles. The molecule has 0 bridgehead atoms. The number of thiophene rings is 1. The molecule has 0 radical (unpaired) electrons. The normalized spacial score (nSPS) is 30.9. The Kier molecular flexibility index (Phi) is 2.24. The highest BCUT2D eigenvalue weighted by Crippen LogP contribution is 2.50. The van der Waals surface area contributed by atoms with E-state index in [1.54, 1.807) is 11.3 Å². The first kappa shape index (κ1) is 10.2. The summed E-state index contributed by atoms with van der Waals surface area (Å²) in [6, 6.07) is 2.08. The van der Waals surface area contributed by atoms with Gasteiger partial charge in [-0.05, 0) is 48.6 Å². The number of hydrogen-bond acceptors (Lipinski definition) is 2. The molecule has 1 unspecified atom stereocenters. The molecule has 1 aliphatic carbocycles.